The Morgan fingerprint density at radius 3 is 2.76 bits per heavy atom. The van der Waals surface area contributed by atoms with Gasteiger partial charge in [-0.2, -0.15) is 10.4 Å². The number of amides is 3. The number of anilines is 1. The smallest absolute Gasteiger partial charge is 0.254 e. The second-order valence-electron chi connectivity index (χ2n) is 10.5. The topological polar surface area (TPSA) is 111 Å². The largest absolute Gasteiger partial charge is 0.330 e. The monoisotopic (exact) mass is 498 g/mol. The van der Waals surface area contributed by atoms with Gasteiger partial charge in [-0.05, 0) is 36.1 Å². The Morgan fingerprint density at radius 1 is 1.27 bits per heavy atom. The second kappa shape index (κ2) is 9.04. The second-order valence-corrected chi connectivity index (χ2v) is 10.5. The first kappa shape index (κ1) is 24.5. The quantitative estimate of drug-likeness (QED) is 0.581. The molecular weight excluding hydrogens is 468 g/mol. The number of carbonyl (C=O) groups is 3. The van der Waals surface area contributed by atoms with Crippen molar-refractivity contribution >= 4 is 34.3 Å². The van der Waals surface area contributed by atoms with Gasteiger partial charge >= 0.3 is 0 Å². The summed E-state index contributed by atoms with van der Waals surface area (Å²) in [6.45, 7) is 4.09. The number of nitrogens with zero attached hydrogens (tertiary/aromatic N) is 5. The molecule has 3 heterocycles. The van der Waals surface area contributed by atoms with Crippen molar-refractivity contribution in [3.8, 4) is 6.07 Å². The lowest BCUT2D eigenvalue weighted by Crippen LogP contribution is -2.52. The molecule has 2 aromatic carbocycles. The standard InChI is InChI=1S/C28H30N6O3/c1-17(2)11-24(32(3)25(35)18-9-10-19-15-30-33(4)23(19)12-18)26(36)34-16-28(13-20(34)14-29)21-7-5-6-8-22(21)31-27(28)37/h5-10,12,15,17,20,24H,11,13,16H2,1-4H3,(H,31,37)/t20-,24-,28-/m0/s1. The zero-order valence-electron chi connectivity index (χ0n) is 21.4. The molecule has 9 nitrogen and oxygen atoms in total. The number of para-hydroxylation sites is 1. The molecule has 190 valence electrons. The minimum absolute atomic E-state index is 0.102. The van der Waals surface area contributed by atoms with Gasteiger partial charge < -0.3 is 15.1 Å². The summed E-state index contributed by atoms with van der Waals surface area (Å²) < 4.78 is 1.70. The van der Waals surface area contributed by atoms with Gasteiger partial charge in [0.05, 0.1) is 23.2 Å². The molecule has 0 unspecified atom stereocenters. The fourth-order valence-corrected chi connectivity index (χ4v) is 5.67. The molecule has 0 aliphatic carbocycles. The lowest BCUT2D eigenvalue weighted by Gasteiger charge is -2.33. The number of nitriles is 1. The summed E-state index contributed by atoms with van der Waals surface area (Å²) in [7, 11) is 3.44. The minimum atomic E-state index is -0.970. The highest BCUT2D eigenvalue weighted by Gasteiger charge is 2.56. The van der Waals surface area contributed by atoms with Crippen LogP contribution in [0.4, 0.5) is 5.69 Å². The lowest BCUT2D eigenvalue weighted by molar-refractivity contribution is -0.136. The van der Waals surface area contributed by atoms with Gasteiger partial charge in [-0.25, -0.2) is 0 Å². The van der Waals surface area contributed by atoms with Crippen molar-refractivity contribution < 1.29 is 14.4 Å². The van der Waals surface area contributed by atoms with Crippen LogP contribution in [0, 0.1) is 17.2 Å². The van der Waals surface area contributed by atoms with Crippen LogP contribution in [0.25, 0.3) is 10.9 Å². The highest BCUT2D eigenvalue weighted by atomic mass is 16.2. The summed E-state index contributed by atoms with van der Waals surface area (Å²) in [5.74, 6) is -0.671. The third-order valence-electron chi connectivity index (χ3n) is 7.68. The van der Waals surface area contributed by atoms with Gasteiger partial charge in [-0.3, -0.25) is 19.1 Å². The number of nitrogens with one attached hydrogen (secondary N) is 1. The van der Waals surface area contributed by atoms with Crippen LogP contribution in [0.3, 0.4) is 0 Å². The summed E-state index contributed by atoms with van der Waals surface area (Å²) in [5.41, 5.74) is 1.84. The van der Waals surface area contributed by atoms with Crippen LogP contribution in [0.2, 0.25) is 0 Å². The maximum atomic E-state index is 14.0. The number of hydrogen-bond acceptors (Lipinski definition) is 5. The van der Waals surface area contributed by atoms with Crippen LogP contribution in [-0.2, 0) is 22.1 Å². The molecule has 1 N–H and O–H groups in total. The van der Waals surface area contributed by atoms with Crippen LogP contribution in [-0.4, -0.2) is 63.0 Å². The van der Waals surface area contributed by atoms with Crippen molar-refractivity contribution in [2.24, 2.45) is 13.0 Å². The van der Waals surface area contributed by atoms with Crippen molar-refractivity contribution in [3.63, 3.8) is 0 Å². The zero-order valence-corrected chi connectivity index (χ0v) is 21.4. The molecule has 3 aromatic rings. The number of aromatic nitrogens is 2. The summed E-state index contributed by atoms with van der Waals surface area (Å²) in [4.78, 5) is 43.7. The molecule has 1 fully saturated rings. The van der Waals surface area contributed by atoms with Crippen LogP contribution < -0.4 is 5.32 Å². The Bertz CT molecular complexity index is 1450. The molecule has 3 amide bonds. The Labute approximate surface area is 215 Å². The molecule has 3 atom stereocenters. The molecule has 37 heavy (non-hydrogen) atoms. The highest BCUT2D eigenvalue weighted by Crippen LogP contribution is 2.46. The molecule has 0 radical (unpaired) electrons. The number of benzene rings is 2. The van der Waals surface area contributed by atoms with E-state index in [-0.39, 0.29) is 36.6 Å². The Balaban J connectivity index is 1.46. The van der Waals surface area contributed by atoms with E-state index < -0.39 is 17.5 Å². The Hall–Kier alpha value is -4.19. The van der Waals surface area contributed by atoms with Gasteiger partial charge in [-0.1, -0.05) is 38.1 Å². The van der Waals surface area contributed by atoms with E-state index in [4.69, 9.17) is 0 Å². The fraction of sp³-hybridized carbons (Fsp3) is 0.393. The van der Waals surface area contributed by atoms with Crippen LogP contribution in [0.15, 0.2) is 48.7 Å². The van der Waals surface area contributed by atoms with E-state index in [2.05, 4.69) is 16.5 Å². The molecule has 2 aliphatic heterocycles. The zero-order chi connectivity index (χ0) is 26.5. The molecule has 1 aromatic heterocycles. The maximum Gasteiger partial charge on any atom is 0.254 e. The number of likely N-dealkylation sites (N-methyl/N-ethyl adjacent to an activating group) is 1. The average Bonchev–Trinajstić information content (AvgIpc) is 3.55. The number of carbonyl (C=O) groups excluding carboxylic acids is 3. The van der Waals surface area contributed by atoms with E-state index in [0.29, 0.717) is 12.0 Å². The normalized spacial score (nSPS) is 21.2. The first-order chi connectivity index (χ1) is 17.7. The predicted octanol–water partition coefficient (Wildman–Crippen LogP) is 3.07. The molecular formula is C28H30N6O3. The number of fused-ring (bicyclic) bond motifs is 3. The third kappa shape index (κ3) is 3.93. The number of aryl methyl sites for hydroxylation is 1. The van der Waals surface area contributed by atoms with Crippen molar-refractivity contribution in [3.05, 3.63) is 59.8 Å². The van der Waals surface area contributed by atoms with Gasteiger partial charge in [0, 0.05) is 43.7 Å². The molecule has 5 rings (SSSR count). The van der Waals surface area contributed by atoms with Crippen molar-refractivity contribution in [2.45, 2.75) is 44.2 Å². The first-order valence-electron chi connectivity index (χ1n) is 12.5. The molecule has 9 heteroatoms. The predicted molar refractivity (Wildman–Crippen MR) is 139 cm³/mol. The number of rotatable bonds is 5. The summed E-state index contributed by atoms with van der Waals surface area (Å²) in [5, 5.41) is 18.1. The van der Waals surface area contributed by atoms with Gasteiger partial charge in [0.15, 0.2) is 0 Å². The van der Waals surface area contributed by atoms with Gasteiger partial charge in [0.1, 0.15) is 12.1 Å². The fourth-order valence-electron chi connectivity index (χ4n) is 5.67. The van der Waals surface area contributed by atoms with E-state index in [9.17, 15) is 19.6 Å². The van der Waals surface area contributed by atoms with Crippen molar-refractivity contribution in [2.75, 3.05) is 18.9 Å². The summed E-state index contributed by atoms with van der Waals surface area (Å²) >= 11 is 0. The highest BCUT2D eigenvalue weighted by molar-refractivity contribution is 6.07. The number of likely N-dealkylation sites (tertiary alicyclic amines) is 1. The number of hydrogen-bond donors (Lipinski definition) is 1. The molecule has 1 spiro atoms. The van der Waals surface area contributed by atoms with Gasteiger partial charge in [0.25, 0.3) is 5.91 Å². The average molecular weight is 499 g/mol. The van der Waals surface area contributed by atoms with Crippen LogP contribution >= 0.6 is 0 Å². The van der Waals surface area contributed by atoms with Gasteiger partial charge in [0.2, 0.25) is 11.8 Å². The molecule has 2 aliphatic rings. The first-order valence-corrected chi connectivity index (χ1v) is 12.5. The van der Waals surface area contributed by atoms with Crippen LogP contribution in [0.1, 0.15) is 42.6 Å². The Kier molecular flexibility index (Phi) is 5.98. The van der Waals surface area contributed by atoms with E-state index in [1.165, 1.54) is 9.80 Å². The molecule has 0 saturated carbocycles. The van der Waals surface area contributed by atoms with Crippen molar-refractivity contribution in [1.29, 1.82) is 5.26 Å². The van der Waals surface area contributed by atoms with Gasteiger partial charge in [-0.15, -0.1) is 0 Å². The summed E-state index contributed by atoms with van der Waals surface area (Å²) in [6, 6.07) is 13.5. The summed E-state index contributed by atoms with van der Waals surface area (Å²) in [6.07, 6.45) is 2.39. The van der Waals surface area contributed by atoms with Crippen LogP contribution in [0.5, 0.6) is 0 Å². The van der Waals surface area contributed by atoms with E-state index in [1.807, 2.05) is 51.2 Å². The molecule has 1 saturated heterocycles. The van der Waals surface area contributed by atoms with E-state index in [0.717, 1.165) is 22.2 Å². The van der Waals surface area contributed by atoms with E-state index >= 15 is 0 Å². The molecule has 0 bridgehead atoms. The Morgan fingerprint density at radius 2 is 2.03 bits per heavy atom. The third-order valence-corrected chi connectivity index (χ3v) is 7.68. The lowest BCUT2D eigenvalue weighted by atomic mass is 9.80. The van der Waals surface area contributed by atoms with Crippen molar-refractivity contribution in [1.82, 2.24) is 19.6 Å². The SMILES string of the molecule is CC(C)C[C@@H](C(=O)N1C[C@]2(C[C@H]1C#N)C(=O)Nc1ccccc12)N(C)C(=O)c1ccc2cnn(C)c2c1. The minimum Gasteiger partial charge on any atom is -0.330 e. The maximum absolute atomic E-state index is 14.0. The van der Waals surface area contributed by atoms with E-state index in [1.54, 1.807) is 30.1 Å².